The fourth-order valence-electron chi connectivity index (χ4n) is 3.23. The topological polar surface area (TPSA) is 46.5 Å². The van der Waals surface area contributed by atoms with Gasteiger partial charge < -0.3 is 9.84 Å². The summed E-state index contributed by atoms with van der Waals surface area (Å²) >= 11 is 1.11. The van der Waals surface area contributed by atoms with Crippen molar-refractivity contribution in [2.24, 2.45) is 0 Å². The third kappa shape index (κ3) is 2.36. The van der Waals surface area contributed by atoms with Crippen molar-refractivity contribution in [3.8, 4) is 16.9 Å². The fourth-order valence-corrected chi connectivity index (χ4v) is 4.32. The zero-order valence-corrected chi connectivity index (χ0v) is 13.8. The summed E-state index contributed by atoms with van der Waals surface area (Å²) in [6.45, 7) is 2.85. The standard InChI is InChI=1S/C19H15FO3S/c1-10-6-7-23-15-5-2-11(8-14(10)15)17-13-4-3-12(20)9-16(13)24-18(17)19(21)22/h2-5,8-10H,6-7H2,1H3,(H,21,22). The van der Waals surface area contributed by atoms with Crippen LogP contribution in [0.5, 0.6) is 5.75 Å². The summed E-state index contributed by atoms with van der Waals surface area (Å²) in [5, 5.41) is 10.3. The van der Waals surface area contributed by atoms with E-state index >= 15 is 0 Å². The maximum absolute atomic E-state index is 13.5. The second-order valence-electron chi connectivity index (χ2n) is 6.04. The number of hydrogen-bond donors (Lipinski definition) is 1. The Morgan fingerprint density at radius 3 is 2.92 bits per heavy atom. The number of carboxylic acids is 1. The fraction of sp³-hybridized carbons (Fsp3) is 0.211. The first-order valence-corrected chi connectivity index (χ1v) is 8.58. The highest BCUT2D eigenvalue weighted by Gasteiger charge is 2.23. The highest BCUT2D eigenvalue weighted by molar-refractivity contribution is 7.21. The van der Waals surface area contributed by atoms with Crippen LogP contribution in [-0.4, -0.2) is 17.7 Å². The molecule has 0 bridgehead atoms. The normalized spacial score (nSPS) is 16.7. The third-order valence-electron chi connectivity index (χ3n) is 4.48. The van der Waals surface area contributed by atoms with Crippen molar-refractivity contribution in [1.29, 1.82) is 0 Å². The quantitative estimate of drug-likeness (QED) is 0.688. The monoisotopic (exact) mass is 342 g/mol. The van der Waals surface area contributed by atoms with E-state index in [1.807, 2.05) is 18.2 Å². The van der Waals surface area contributed by atoms with Crippen LogP contribution >= 0.6 is 11.3 Å². The van der Waals surface area contributed by atoms with Gasteiger partial charge >= 0.3 is 5.97 Å². The van der Waals surface area contributed by atoms with Crippen molar-refractivity contribution in [3.05, 3.63) is 52.7 Å². The van der Waals surface area contributed by atoms with Gasteiger partial charge in [-0.3, -0.25) is 0 Å². The minimum Gasteiger partial charge on any atom is -0.493 e. The number of fused-ring (bicyclic) bond motifs is 2. The summed E-state index contributed by atoms with van der Waals surface area (Å²) in [7, 11) is 0. The Morgan fingerprint density at radius 2 is 2.12 bits per heavy atom. The summed E-state index contributed by atoms with van der Waals surface area (Å²) < 4.78 is 19.8. The number of thiophene rings is 1. The van der Waals surface area contributed by atoms with Crippen LogP contribution in [0, 0.1) is 5.82 Å². The number of carboxylic acid groups (broad SMARTS) is 1. The van der Waals surface area contributed by atoms with Gasteiger partial charge in [-0.05, 0) is 53.8 Å². The van der Waals surface area contributed by atoms with Crippen LogP contribution in [0.4, 0.5) is 4.39 Å². The maximum atomic E-state index is 13.5. The van der Waals surface area contributed by atoms with Crippen molar-refractivity contribution >= 4 is 27.4 Å². The van der Waals surface area contributed by atoms with Gasteiger partial charge in [-0.1, -0.05) is 13.0 Å². The second-order valence-corrected chi connectivity index (χ2v) is 7.09. The van der Waals surface area contributed by atoms with Crippen molar-refractivity contribution in [3.63, 3.8) is 0 Å². The number of ether oxygens (including phenoxy) is 1. The molecule has 0 saturated carbocycles. The largest absolute Gasteiger partial charge is 0.493 e. The molecule has 5 heteroatoms. The molecule has 1 aliphatic rings. The number of benzene rings is 2. The first-order valence-electron chi connectivity index (χ1n) is 7.77. The van der Waals surface area contributed by atoms with E-state index in [-0.39, 0.29) is 10.7 Å². The first kappa shape index (κ1) is 15.1. The van der Waals surface area contributed by atoms with Gasteiger partial charge in [0, 0.05) is 15.6 Å². The van der Waals surface area contributed by atoms with Crippen LogP contribution in [0.2, 0.25) is 0 Å². The minimum absolute atomic E-state index is 0.236. The summed E-state index contributed by atoms with van der Waals surface area (Å²) in [6.07, 6.45) is 0.942. The number of rotatable bonds is 2. The van der Waals surface area contributed by atoms with Gasteiger partial charge in [-0.2, -0.15) is 0 Å². The Hall–Kier alpha value is -2.40. The van der Waals surface area contributed by atoms with Crippen molar-refractivity contribution in [2.45, 2.75) is 19.3 Å². The van der Waals surface area contributed by atoms with E-state index < -0.39 is 5.97 Å². The van der Waals surface area contributed by atoms with Crippen molar-refractivity contribution in [2.75, 3.05) is 6.61 Å². The summed E-state index contributed by atoms with van der Waals surface area (Å²) in [5.41, 5.74) is 2.58. The zero-order valence-electron chi connectivity index (χ0n) is 13.0. The van der Waals surface area contributed by atoms with Crippen LogP contribution in [0.15, 0.2) is 36.4 Å². The molecule has 4 rings (SSSR count). The average molecular weight is 342 g/mol. The predicted octanol–water partition coefficient (Wildman–Crippen LogP) is 5.29. The number of aromatic carboxylic acids is 1. The number of hydrogen-bond acceptors (Lipinski definition) is 3. The van der Waals surface area contributed by atoms with Crippen molar-refractivity contribution < 1.29 is 19.0 Å². The Balaban J connectivity index is 1.97. The lowest BCUT2D eigenvalue weighted by molar-refractivity contribution is 0.0703. The Labute approximate surface area is 142 Å². The summed E-state index contributed by atoms with van der Waals surface area (Å²) in [6, 6.07) is 10.2. The van der Waals surface area contributed by atoms with Crippen LogP contribution in [0.1, 0.15) is 34.5 Å². The third-order valence-corrected chi connectivity index (χ3v) is 5.62. The van der Waals surface area contributed by atoms with E-state index in [1.165, 1.54) is 12.1 Å². The van der Waals surface area contributed by atoms with Gasteiger partial charge in [-0.15, -0.1) is 11.3 Å². The summed E-state index contributed by atoms with van der Waals surface area (Å²) in [5.74, 6) is -0.127. The zero-order chi connectivity index (χ0) is 16.8. The molecule has 24 heavy (non-hydrogen) atoms. The minimum atomic E-state index is -0.992. The molecule has 0 fully saturated rings. The number of halogens is 1. The van der Waals surface area contributed by atoms with Crippen LogP contribution in [0.25, 0.3) is 21.2 Å². The molecule has 0 amide bonds. The Kier molecular flexibility index (Phi) is 3.53. The predicted molar refractivity (Wildman–Crippen MR) is 92.7 cm³/mol. The Bertz CT molecular complexity index is 961. The molecular weight excluding hydrogens is 327 g/mol. The first-order chi connectivity index (χ1) is 11.5. The lowest BCUT2D eigenvalue weighted by Crippen LogP contribution is -2.11. The molecule has 0 aliphatic carbocycles. The molecule has 0 radical (unpaired) electrons. The van der Waals surface area contributed by atoms with Gasteiger partial charge in [0.1, 0.15) is 16.4 Å². The Morgan fingerprint density at radius 1 is 1.29 bits per heavy atom. The molecule has 2 aromatic carbocycles. The van der Waals surface area contributed by atoms with E-state index in [2.05, 4.69) is 6.92 Å². The van der Waals surface area contributed by atoms with Crippen LogP contribution < -0.4 is 4.74 Å². The van der Waals surface area contributed by atoms with Crippen LogP contribution in [-0.2, 0) is 0 Å². The van der Waals surface area contributed by atoms with E-state index in [4.69, 9.17) is 4.74 Å². The molecule has 3 nitrogen and oxygen atoms in total. The molecule has 1 aliphatic heterocycles. The smallest absolute Gasteiger partial charge is 0.346 e. The molecular formula is C19H15FO3S. The van der Waals surface area contributed by atoms with Gasteiger partial charge in [0.05, 0.1) is 6.61 Å². The maximum Gasteiger partial charge on any atom is 0.346 e. The van der Waals surface area contributed by atoms with E-state index in [1.54, 1.807) is 6.07 Å². The lowest BCUT2D eigenvalue weighted by atomic mass is 9.91. The van der Waals surface area contributed by atoms with Gasteiger partial charge in [0.15, 0.2) is 0 Å². The molecule has 1 aromatic heterocycles. The molecule has 3 aromatic rings. The van der Waals surface area contributed by atoms with Crippen molar-refractivity contribution in [1.82, 2.24) is 0 Å². The molecule has 122 valence electrons. The molecule has 2 heterocycles. The summed E-state index contributed by atoms with van der Waals surface area (Å²) in [4.78, 5) is 11.9. The molecule has 1 N–H and O–H groups in total. The lowest BCUT2D eigenvalue weighted by Gasteiger charge is -2.23. The molecule has 0 saturated heterocycles. The molecule has 1 unspecified atom stereocenters. The number of carbonyl (C=O) groups is 1. The van der Waals surface area contributed by atoms with E-state index in [0.717, 1.165) is 40.0 Å². The SMILES string of the molecule is CC1CCOc2ccc(-c3c(C(=O)O)sc4cc(F)ccc34)cc21. The van der Waals surface area contributed by atoms with Gasteiger partial charge in [-0.25, -0.2) is 9.18 Å². The highest BCUT2D eigenvalue weighted by Crippen LogP contribution is 2.42. The second kappa shape index (κ2) is 5.60. The van der Waals surface area contributed by atoms with E-state index in [0.29, 0.717) is 22.8 Å². The molecule has 0 spiro atoms. The van der Waals surface area contributed by atoms with Gasteiger partial charge in [0.25, 0.3) is 0 Å². The van der Waals surface area contributed by atoms with E-state index in [9.17, 15) is 14.3 Å². The average Bonchev–Trinajstić information content (AvgIpc) is 2.94. The van der Waals surface area contributed by atoms with Crippen LogP contribution in [0.3, 0.4) is 0 Å². The van der Waals surface area contributed by atoms with Gasteiger partial charge in [0.2, 0.25) is 0 Å². The highest BCUT2D eigenvalue weighted by atomic mass is 32.1. The molecule has 1 atom stereocenters.